The van der Waals surface area contributed by atoms with E-state index < -0.39 is 103 Å². The first-order valence-electron chi connectivity index (χ1n) is 21.7. The molecule has 21 atom stereocenters. The van der Waals surface area contributed by atoms with Crippen LogP contribution in [-0.4, -0.2) is 171 Å². The molecule has 8 rings (SSSR count). The van der Waals surface area contributed by atoms with Crippen molar-refractivity contribution >= 4 is 5.97 Å². The Morgan fingerprint density at radius 2 is 1.56 bits per heavy atom. The first-order chi connectivity index (χ1) is 28.0. The number of aliphatic hydroxyl groups is 8. The minimum absolute atomic E-state index is 0.0538. The number of hydrogen-bond acceptors (Lipinski definition) is 17. The van der Waals surface area contributed by atoms with E-state index in [0.29, 0.717) is 38.7 Å². The summed E-state index contributed by atoms with van der Waals surface area (Å²) in [5, 5.41) is 87.0. The van der Waals surface area contributed by atoms with Crippen LogP contribution in [0.2, 0.25) is 0 Å². The van der Waals surface area contributed by atoms with Gasteiger partial charge in [0, 0.05) is 37.4 Å². The fourth-order valence-corrected chi connectivity index (χ4v) is 12.9. The summed E-state index contributed by atoms with van der Waals surface area (Å²) in [5.41, 5.74) is -1.61. The summed E-state index contributed by atoms with van der Waals surface area (Å²) in [6.45, 7) is 5.58. The van der Waals surface area contributed by atoms with Crippen molar-refractivity contribution in [3.8, 4) is 0 Å². The van der Waals surface area contributed by atoms with Crippen molar-refractivity contribution < 1.29 is 83.5 Å². The second-order valence-electron chi connectivity index (χ2n) is 19.4. The van der Waals surface area contributed by atoms with Crippen LogP contribution in [0.4, 0.5) is 0 Å². The van der Waals surface area contributed by atoms with E-state index in [0.717, 1.165) is 37.7 Å². The van der Waals surface area contributed by atoms with Crippen LogP contribution in [0.3, 0.4) is 0 Å². The molecule has 0 aromatic rings. The zero-order valence-electron chi connectivity index (χ0n) is 34.5. The van der Waals surface area contributed by atoms with Gasteiger partial charge in [0.2, 0.25) is 0 Å². The molecule has 336 valence electrons. The summed E-state index contributed by atoms with van der Waals surface area (Å²) < 4.78 is 47.0. The summed E-state index contributed by atoms with van der Waals surface area (Å²) in [5.74, 6) is -0.752. The van der Waals surface area contributed by atoms with E-state index in [1.807, 2.05) is 6.92 Å². The topological polar surface area (TPSA) is 253 Å². The minimum atomic E-state index is -1.62. The number of fused-ring (bicyclic) bond motifs is 5. The Labute approximate surface area is 344 Å². The molecule has 59 heavy (non-hydrogen) atoms. The van der Waals surface area contributed by atoms with Gasteiger partial charge in [0.25, 0.3) is 0 Å². The average Bonchev–Trinajstić information content (AvgIpc) is 3.76. The van der Waals surface area contributed by atoms with Gasteiger partial charge in [-0.1, -0.05) is 13.8 Å². The molecule has 8 N–H and O–H groups in total. The molecule has 4 aliphatic carbocycles. The summed E-state index contributed by atoms with van der Waals surface area (Å²) in [6, 6.07) is 0. The molecular formula is C42H66O17. The van der Waals surface area contributed by atoms with E-state index >= 15 is 0 Å². The number of esters is 1. The van der Waals surface area contributed by atoms with Crippen molar-refractivity contribution in [2.24, 2.45) is 34.5 Å². The lowest BCUT2D eigenvalue weighted by molar-refractivity contribution is -0.337. The van der Waals surface area contributed by atoms with Crippen LogP contribution < -0.4 is 0 Å². The number of aliphatic hydroxyl groups excluding tert-OH is 6. The number of hydrogen-bond donors (Lipinski definition) is 8. The van der Waals surface area contributed by atoms with E-state index in [-0.39, 0.29) is 48.5 Å². The van der Waals surface area contributed by atoms with Crippen molar-refractivity contribution in [3.05, 3.63) is 11.6 Å². The largest absolute Gasteiger partial charge is 0.458 e. The molecule has 0 amide bonds. The SMILES string of the molecule is CO[C@H]1C[C@H](O[C@H]2CC[C@]3(C)[C@H]4CC[C@]5(C)[C@@H](C6=CC(=O)OC6)CC[C@]5(O)[C@@H]4CC[C@]3(O)C2)O[C@H](C)[C@H]1O[C@@H]1OC[C@H](CO[C@@H]2O[C@H](CO)[C@@H](O)[C@H](O)[C@H]2O)[C@H](O)[C@H]1O. The van der Waals surface area contributed by atoms with Gasteiger partial charge in [-0.2, -0.15) is 0 Å². The van der Waals surface area contributed by atoms with Gasteiger partial charge < -0.3 is 78.7 Å². The maximum absolute atomic E-state index is 12.6. The lowest BCUT2D eigenvalue weighted by atomic mass is 9.42. The van der Waals surface area contributed by atoms with Gasteiger partial charge in [-0.3, -0.25) is 0 Å². The smallest absolute Gasteiger partial charge is 0.331 e. The molecule has 7 fully saturated rings. The maximum Gasteiger partial charge on any atom is 0.331 e. The third-order valence-electron chi connectivity index (χ3n) is 16.5. The molecular weight excluding hydrogens is 776 g/mol. The van der Waals surface area contributed by atoms with Crippen molar-refractivity contribution in [2.45, 2.75) is 176 Å². The number of methoxy groups -OCH3 is 1. The molecule has 0 unspecified atom stereocenters. The Morgan fingerprint density at radius 3 is 2.27 bits per heavy atom. The van der Waals surface area contributed by atoms with Crippen LogP contribution in [-0.2, 0) is 42.7 Å². The van der Waals surface area contributed by atoms with Gasteiger partial charge in [0.1, 0.15) is 43.2 Å². The highest BCUT2D eigenvalue weighted by molar-refractivity contribution is 5.85. The highest BCUT2D eigenvalue weighted by atomic mass is 16.7. The van der Waals surface area contributed by atoms with Gasteiger partial charge in [0.05, 0.1) is 55.4 Å². The molecule has 3 saturated heterocycles. The summed E-state index contributed by atoms with van der Waals surface area (Å²) in [7, 11) is 1.55. The average molecular weight is 843 g/mol. The van der Waals surface area contributed by atoms with Crippen molar-refractivity contribution in [3.63, 3.8) is 0 Å². The second kappa shape index (κ2) is 16.6. The van der Waals surface area contributed by atoms with Crippen LogP contribution in [0, 0.1) is 34.5 Å². The Morgan fingerprint density at radius 1 is 0.831 bits per heavy atom. The van der Waals surface area contributed by atoms with E-state index in [4.69, 9.17) is 37.9 Å². The lowest BCUT2D eigenvalue weighted by Gasteiger charge is -2.66. The van der Waals surface area contributed by atoms with Crippen LogP contribution >= 0.6 is 0 Å². The fourth-order valence-electron chi connectivity index (χ4n) is 12.9. The predicted octanol–water partition coefficient (Wildman–Crippen LogP) is -0.211. The van der Waals surface area contributed by atoms with Crippen LogP contribution in [0.5, 0.6) is 0 Å². The molecule has 4 aliphatic heterocycles. The van der Waals surface area contributed by atoms with Crippen LogP contribution in [0.15, 0.2) is 11.6 Å². The quantitative estimate of drug-likeness (QED) is 0.105. The molecule has 0 bridgehead atoms. The van der Waals surface area contributed by atoms with Crippen molar-refractivity contribution in [1.82, 2.24) is 0 Å². The number of cyclic esters (lactones) is 1. The van der Waals surface area contributed by atoms with Crippen LogP contribution in [0.25, 0.3) is 0 Å². The lowest BCUT2D eigenvalue weighted by Crippen LogP contribution is -2.67. The number of carbonyl (C=O) groups is 1. The van der Waals surface area contributed by atoms with E-state index in [9.17, 15) is 45.6 Å². The molecule has 0 aromatic carbocycles. The zero-order valence-corrected chi connectivity index (χ0v) is 34.5. The normalized spacial score (nSPS) is 53.9. The molecule has 0 aromatic heterocycles. The molecule has 17 nitrogen and oxygen atoms in total. The maximum atomic E-state index is 12.6. The first-order valence-corrected chi connectivity index (χ1v) is 21.7. The predicted molar refractivity (Wildman–Crippen MR) is 202 cm³/mol. The Bertz CT molecular complexity index is 1550. The zero-order chi connectivity index (χ0) is 42.2. The highest BCUT2D eigenvalue weighted by Gasteiger charge is 2.70. The molecule has 0 spiro atoms. The molecule has 4 saturated carbocycles. The number of carbonyl (C=O) groups excluding carboxylic acids is 1. The Kier molecular flexibility index (Phi) is 12.5. The molecule has 4 heterocycles. The Balaban J connectivity index is 0.842. The summed E-state index contributed by atoms with van der Waals surface area (Å²) in [6.07, 6.45) is -5.73. The standard InChI is InChI=1S/C42H66O17/c1-20-36(59-38-34(48)31(45)22(19-55-38)18-54-37-35(49)33(47)32(46)28(16-43)58-37)27(52-4)14-30(56-20)57-23-5-9-39(2)25-6-10-40(3)24(21-13-29(44)53-17-21)8-12-42(40,51)26(25)7-11-41(39,50)15-23/h13,20,22-28,30-38,43,45-51H,5-12,14-19H2,1-4H3/t20-,22+,23+,24-,25+,26-,27+,28-,30+,31+,32-,33+,34-,35-,36-,37-,38+,39-,40-,41+,42+/m1/s1. The fraction of sp³-hybridized carbons (Fsp3) is 0.929. The number of ether oxygens (including phenoxy) is 8. The minimum Gasteiger partial charge on any atom is -0.458 e. The van der Waals surface area contributed by atoms with Crippen molar-refractivity contribution in [1.29, 1.82) is 0 Å². The monoisotopic (exact) mass is 842 g/mol. The van der Waals surface area contributed by atoms with E-state index in [1.54, 1.807) is 13.2 Å². The van der Waals surface area contributed by atoms with Gasteiger partial charge in [-0.15, -0.1) is 0 Å². The van der Waals surface area contributed by atoms with Gasteiger partial charge in [0.15, 0.2) is 18.9 Å². The summed E-state index contributed by atoms with van der Waals surface area (Å²) >= 11 is 0. The third kappa shape index (κ3) is 7.44. The highest BCUT2D eigenvalue weighted by Crippen LogP contribution is 2.70. The van der Waals surface area contributed by atoms with Gasteiger partial charge in [-0.25, -0.2) is 4.79 Å². The van der Waals surface area contributed by atoms with E-state index in [2.05, 4.69) is 13.8 Å². The molecule has 0 radical (unpaired) electrons. The van der Waals surface area contributed by atoms with E-state index in [1.165, 1.54) is 0 Å². The third-order valence-corrected chi connectivity index (χ3v) is 16.5. The molecule has 17 heteroatoms. The first kappa shape index (κ1) is 44.2. The van der Waals surface area contributed by atoms with Gasteiger partial charge >= 0.3 is 5.97 Å². The summed E-state index contributed by atoms with van der Waals surface area (Å²) in [4.78, 5) is 12.0. The van der Waals surface area contributed by atoms with Crippen LogP contribution in [0.1, 0.15) is 85.0 Å². The van der Waals surface area contributed by atoms with Gasteiger partial charge in [-0.05, 0) is 87.0 Å². The molecule has 8 aliphatic rings. The number of rotatable bonds is 10. The van der Waals surface area contributed by atoms with Crippen molar-refractivity contribution in [2.75, 3.05) is 33.5 Å². The Hall–Kier alpha value is -1.39. The second-order valence-corrected chi connectivity index (χ2v) is 19.4.